The van der Waals surface area contributed by atoms with Gasteiger partial charge in [0.15, 0.2) is 11.5 Å². The van der Waals surface area contributed by atoms with E-state index in [1.807, 2.05) is 42.5 Å². The summed E-state index contributed by atoms with van der Waals surface area (Å²) >= 11 is 4.59. The molecule has 2 N–H and O–H groups in total. The lowest BCUT2D eigenvalue weighted by molar-refractivity contribution is -0.113. The van der Waals surface area contributed by atoms with E-state index in [0.717, 1.165) is 10.0 Å². The van der Waals surface area contributed by atoms with E-state index in [1.54, 1.807) is 32.5 Å². The maximum atomic E-state index is 12.7. The first-order valence-electron chi connectivity index (χ1n) is 10.1. The zero-order valence-electron chi connectivity index (χ0n) is 18.3. The fourth-order valence-corrected chi connectivity index (χ4v) is 4.05. The number of ether oxygens (including phenoxy) is 2. The molecule has 0 saturated heterocycles. The Bertz CT molecular complexity index is 1110. The number of carbonyl (C=O) groups excluding carboxylic acids is 2. The van der Waals surface area contributed by atoms with Gasteiger partial charge in [0.1, 0.15) is 5.03 Å². The Balaban J connectivity index is 1.54. The molecule has 33 heavy (non-hydrogen) atoms. The summed E-state index contributed by atoms with van der Waals surface area (Å²) in [7, 11) is 3.18. The highest BCUT2D eigenvalue weighted by Crippen LogP contribution is 2.27. The van der Waals surface area contributed by atoms with Gasteiger partial charge < -0.3 is 20.1 Å². The van der Waals surface area contributed by atoms with E-state index in [2.05, 4.69) is 31.5 Å². The lowest BCUT2D eigenvalue weighted by Crippen LogP contribution is -2.26. The molecule has 0 aliphatic heterocycles. The SMILES string of the molecule is COc1ccc(CCNC(=O)c2cccnc2SCC(=O)Nc2ccc(Br)cc2)cc1OC. The van der Waals surface area contributed by atoms with E-state index < -0.39 is 0 Å². The summed E-state index contributed by atoms with van der Waals surface area (Å²) in [6, 6.07) is 16.4. The number of pyridine rings is 1. The van der Waals surface area contributed by atoms with E-state index in [9.17, 15) is 9.59 Å². The number of benzene rings is 2. The van der Waals surface area contributed by atoms with Gasteiger partial charge in [0.2, 0.25) is 5.91 Å². The molecule has 1 heterocycles. The third kappa shape index (κ3) is 7.23. The molecule has 0 spiro atoms. The molecule has 0 unspecified atom stereocenters. The number of anilines is 1. The Morgan fingerprint density at radius 2 is 1.79 bits per heavy atom. The van der Waals surface area contributed by atoms with Gasteiger partial charge in [-0.2, -0.15) is 0 Å². The molecule has 9 heteroatoms. The van der Waals surface area contributed by atoms with Gasteiger partial charge in [-0.1, -0.05) is 33.8 Å². The van der Waals surface area contributed by atoms with Crippen LogP contribution in [0.3, 0.4) is 0 Å². The Labute approximate surface area is 205 Å². The van der Waals surface area contributed by atoms with E-state index in [0.29, 0.717) is 40.7 Å². The van der Waals surface area contributed by atoms with Crippen LogP contribution in [-0.4, -0.2) is 43.3 Å². The molecule has 7 nitrogen and oxygen atoms in total. The molecular formula is C24H24BrN3O4S. The first-order chi connectivity index (χ1) is 16.0. The minimum atomic E-state index is -0.237. The maximum Gasteiger partial charge on any atom is 0.254 e. The summed E-state index contributed by atoms with van der Waals surface area (Å²) in [5.74, 6) is 1.03. The molecule has 0 bridgehead atoms. The maximum absolute atomic E-state index is 12.7. The number of hydrogen-bond acceptors (Lipinski definition) is 6. The van der Waals surface area contributed by atoms with Crippen molar-refractivity contribution in [3.8, 4) is 11.5 Å². The van der Waals surface area contributed by atoms with Crippen LogP contribution in [0.5, 0.6) is 11.5 Å². The van der Waals surface area contributed by atoms with Crippen molar-refractivity contribution in [2.24, 2.45) is 0 Å². The Morgan fingerprint density at radius 3 is 2.52 bits per heavy atom. The van der Waals surface area contributed by atoms with Crippen LogP contribution < -0.4 is 20.1 Å². The number of carbonyl (C=O) groups is 2. The molecular weight excluding hydrogens is 506 g/mol. The number of methoxy groups -OCH3 is 2. The van der Waals surface area contributed by atoms with Crippen molar-refractivity contribution in [1.82, 2.24) is 10.3 Å². The molecule has 0 radical (unpaired) electrons. The number of nitrogens with zero attached hydrogens (tertiary/aromatic N) is 1. The smallest absolute Gasteiger partial charge is 0.254 e. The van der Waals surface area contributed by atoms with Crippen LogP contribution >= 0.6 is 27.7 Å². The van der Waals surface area contributed by atoms with Crippen molar-refractivity contribution in [2.75, 3.05) is 31.8 Å². The Kier molecular flexibility index (Phi) is 9.14. The quantitative estimate of drug-likeness (QED) is 0.374. The summed E-state index contributed by atoms with van der Waals surface area (Å²) in [5, 5.41) is 6.25. The monoisotopic (exact) mass is 529 g/mol. The van der Waals surface area contributed by atoms with Crippen molar-refractivity contribution in [2.45, 2.75) is 11.4 Å². The number of amides is 2. The molecule has 3 rings (SSSR count). The third-order valence-electron chi connectivity index (χ3n) is 4.63. The largest absolute Gasteiger partial charge is 0.493 e. The summed E-state index contributed by atoms with van der Waals surface area (Å²) in [4.78, 5) is 29.3. The van der Waals surface area contributed by atoms with Crippen LogP contribution in [0.1, 0.15) is 15.9 Å². The second kappa shape index (κ2) is 12.3. The highest BCUT2D eigenvalue weighted by molar-refractivity contribution is 9.10. The lowest BCUT2D eigenvalue weighted by Gasteiger charge is -2.11. The highest BCUT2D eigenvalue weighted by Gasteiger charge is 2.14. The average Bonchev–Trinajstić information content (AvgIpc) is 2.84. The van der Waals surface area contributed by atoms with Gasteiger partial charge in [-0.05, 0) is 60.5 Å². The van der Waals surface area contributed by atoms with Crippen LogP contribution in [-0.2, 0) is 11.2 Å². The second-order valence-corrected chi connectivity index (χ2v) is 8.77. The molecule has 0 saturated carbocycles. The minimum Gasteiger partial charge on any atom is -0.493 e. The molecule has 2 aromatic carbocycles. The van der Waals surface area contributed by atoms with Crippen LogP contribution in [0, 0.1) is 0 Å². The summed E-state index contributed by atoms with van der Waals surface area (Å²) in [6.07, 6.45) is 2.24. The molecule has 1 aromatic heterocycles. The topological polar surface area (TPSA) is 89.5 Å². The van der Waals surface area contributed by atoms with Gasteiger partial charge >= 0.3 is 0 Å². The summed E-state index contributed by atoms with van der Waals surface area (Å²) < 4.78 is 11.5. The van der Waals surface area contributed by atoms with Crippen LogP contribution in [0.25, 0.3) is 0 Å². The second-order valence-electron chi connectivity index (χ2n) is 6.90. The van der Waals surface area contributed by atoms with Gasteiger partial charge in [-0.3, -0.25) is 9.59 Å². The van der Waals surface area contributed by atoms with Crippen LogP contribution in [0.4, 0.5) is 5.69 Å². The zero-order valence-corrected chi connectivity index (χ0v) is 20.7. The third-order valence-corrected chi connectivity index (χ3v) is 6.16. The van der Waals surface area contributed by atoms with Gasteiger partial charge in [0.05, 0.1) is 25.5 Å². The predicted molar refractivity (Wildman–Crippen MR) is 133 cm³/mol. The predicted octanol–water partition coefficient (Wildman–Crippen LogP) is 4.56. The number of halogens is 1. The first-order valence-corrected chi connectivity index (χ1v) is 11.9. The van der Waals surface area contributed by atoms with Gasteiger partial charge in [0.25, 0.3) is 5.91 Å². The number of nitrogens with one attached hydrogen (secondary N) is 2. The molecule has 3 aromatic rings. The van der Waals surface area contributed by atoms with E-state index in [1.165, 1.54) is 11.8 Å². The molecule has 0 aliphatic carbocycles. The molecule has 0 fully saturated rings. The van der Waals surface area contributed by atoms with Gasteiger partial charge in [-0.25, -0.2) is 4.98 Å². The lowest BCUT2D eigenvalue weighted by atomic mass is 10.1. The summed E-state index contributed by atoms with van der Waals surface area (Å²) in [6.45, 7) is 0.442. The van der Waals surface area contributed by atoms with Crippen LogP contribution in [0.2, 0.25) is 0 Å². The van der Waals surface area contributed by atoms with Crippen LogP contribution in [0.15, 0.2) is 70.3 Å². The van der Waals surface area contributed by atoms with E-state index in [4.69, 9.17) is 9.47 Å². The Morgan fingerprint density at radius 1 is 1.03 bits per heavy atom. The van der Waals surface area contributed by atoms with Crippen molar-refractivity contribution < 1.29 is 19.1 Å². The molecule has 2 amide bonds. The molecule has 0 atom stereocenters. The fraction of sp³-hybridized carbons (Fsp3) is 0.208. The highest BCUT2D eigenvalue weighted by atomic mass is 79.9. The number of hydrogen-bond donors (Lipinski definition) is 2. The van der Waals surface area contributed by atoms with Crippen molar-refractivity contribution in [3.05, 3.63) is 76.4 Å². The van der Waals surface area contributed by atoms with Crippen molar-refractivity contribution in [1.29, 1.82) is 0 Å². The van der Waals surface area contributed by atoms with Crippen molar-refractivity contribution in [3.63, 3.8) is 0 Å². The van der Waals surface area contributed by atoms with Crippen molar-refractivity contribution >= 4 is 45.2 Å². The van der Waals surface area contributed by atoms with Gasteiger partial charge in [0, 0.05) is 22.9 Å². The number of rotatable bonds is 10. The Hall–Kier alpha value is -3.04. The molecule has 172 valence electrons. The number of thioether (sulfide) groups is 1. The zero-order chi connectivity index (χ0) is 23.6. The normalized spacial score (nSPS) is 10.4. The fourth-order valence-electron chi connectivity index (χ4n) is 2.99. The molecule has 0 aliphatic rings. The number of aromatic nitrogens is 1. The van der Waals surface area contributed by atoms with Gasteiger partial charge in [-0.15, -0.1) is 0 Å². The van der Waals surface area contributed by atoms with E-state index >= 15 is 0 Å². The standard InChI is InChI=1S/C24H24BrN3O4S/c1-31-20-10-5-16(14-21(20)32-2)11-13-26-23(30)19-4-3-12-27-24(19)33-15-22(29)28-18-8-6-17(25)7-9-18/h3-10,12,14H,11,13,15H2,1-2H3,(H,26,30)(H,28,29). The minimum absolute atomic E-state index is 0.138. The summed E-state index contributed by atoms with van der Waals surface area (Å²) in [5.41, 5.74) is 2.16. The van der Waals surface area contributed by atoms with E-state index in [-0.39, 0.29) is 17.6 Å². The average molecular weight is 530 g/mol. The first kappa shape index (κ1) is 24.6.